The molecule has 1 aromatic heterocycles. The minimum Gasteiger partial charge on any atom is -0.489 e. The van der Waals surface area contributed by atoms with E-state index in [1.807, 2.05) is 0 Å². The second-order valence-electron chi connectivity index (χ2n) is 8.96. The summed E-state index contributed by atoms with van der Waals surface area (Å²) in [6, 6.07) is 13.5. The third-order valence-corrected chi connectivity index (χ3v) is 6.60. The van der Waals surface area contributed by atoms with Gasteiger partial charge in [-0.25, -0.2) is 13.6 Å². The number of carboxylic acid groups (broad SMARTS) is 1. The fraction of sp³-hybridized carbons (Fsp3) is 0.179. The zero-order chi connectivity index (χ0) is 27.0. The van der Waals surface area contributed by atoms with Crippen LogP contribution >= 0.6 is 0 Å². The van der Waals surface area contributed by atoms with Gasteiger partial charge in [0.1, 0.15) is 30.0 Å². The van der Waals surface area contributed by atoms with Crippen LogP contribution in [0, 0.1) is 11.6 Å². The van der Waals surface area contributed by atoms with Gasteiger partial charge in [-0.05, 0) is 60.4 Å². The fourth-order valence-corrected chi connectivity index (χ4v) is 4.75. The highest BCUT2D eigenvalue weighted by atomic mass is 19.2. The zero-order valence-corrected chi connectivity index (χ0v) is 19.9. The summed E-state index contributed by atoms with van der Waals surface area (Å²) >= 11 is 0. The number of rotatable bonds is 7. The Kier molecular flexibility index (Phi) is 6.54. The highest BCUT2D eigenvalue weighted by molar-refractivity contribution is 6.00. The minimum absolute atomic E-state index is 0.0560. The van der Waals surface area contributed by atoms with Crippen molar-refractivity contribution < 1.29 is 37.4 Å². The van der Waals surface area contributed by atoms with E-state index in [4.69, 9.17) is 14.9 Å². The van der Waals surface area contributed by atoms with Crippen LogP contribution in [0.2, 0.25) is 0 Å². The van der Waals surface area contributed by atoms with Crippen molar-refractivity contribution in [3.8, 4) is 16.9 Å². The van der Waals surface area contributed by atoms with Crippen molar-refractivity contribution in [2.75, 3.05) is 0 Å². The van der Waals surface area contributed by atoms with Crippen LogP contribution in [0.4, 0.5) is 8.78 Å². The number of ether oxygens (including phenoxy) is 1. The lowest BCUT2D eigenvalue weighted by molar-refractivity contribution is -0.142. The summed E-state index contributed by atoms with van der Waals surface area (Å²) in [7, 11) is 0. The highest BCUT2D eigenvalue weighted by Crippen LogP contribution is 2.34. The number of nitrogens with zero attached hydrogens (tertiary/aromatic N) is 1. The molecule has 0 aliphatic carbocycles. The molecule has 10 heteroatoms. The number of benzene rings is 3. The number of carboxylic acids is 1. The normalized spacial score (nSPS) is 17.1. The third-order valence-electron chi connectivity index (χ3n) is 6.60. The Labute approximate surface area is 215 Å². The van der Waals surface area contributed by atoms with Crippen LogP contribution in [0.1, 0.15) is 28.8 Å². The first-order valence-electron chi connectivity index (χ1n) is 11.8. The van der Waals surface area contributed by atoms with Crippen LogP contribution in [-0.2, 0) is 16.2 Å². The average Bonchev–Trinajstić information content (AvgIpc) is 3.58. The molecule has 1 saturated heterocycles. The van der Waals surface area contributed by atoms with Crippen LogP contribution in [0.3, 0.4) is 0 Å². The Balaban J connectivity index is 1.31. The Morgan fingerprint density at radius 2 is 1.76 bits per heavy atom. The highest BCUT2D eigenvalue weighted by Gasteiger charge is 2.43. The molecular formula is C28H22F2N2O6. The van der Waals surface area contributed by atoms with E-state index in [9.17, 15) is 28.3 Å². The Hall–Kier alpha value is -4.73. The molecular weight excluding hydrogens is 498 g/mol. The smallest absolute Gasteiger partial charge is 0.326 e. The molecule has 3 N–H and O–H groups in total. The summed E-state index contributed by atoms with van der Waals surface area (Å²) in [5.74, 6) is -3.99. The molecule has 0 saturated carbocycles. The molecule has 3 aromatic carbocycles. The Morgan fingerprint density at radius 1 is 1.03 bits per heavy atom. The summed E-state index contributed by atoms with van der Waals surface area (Å²) in [4.78, 5) is 37.6. The van der Waals surface area contributed by atoms with Crippen molar-refractivity contribution in [1.29, 1.82) is 0 Å². The van der Waals surface area contributed by atoms with Crippen molar-refractivity contribution in [2.45, 2.75) is 31.5 Å². The van der Waals surface area contributed by atoms with Gasteiger partial charge < -0.3 is 24.9 Å². The second kappa shape index (κ2) is 9.97. The predicted molar refractivity (Wildman–Crippen MR) is 132 cm³/mol. The average molecular weight is 520 g/mol. The summed E-state index contributed by atoms with van der Waals surface area (Å²) in [5, 5.41) is 9.55. The topological polar surface area (TPSA) is 123 Å². The summed E-state index contributed by atoms with van der Waals surface area (Å²) in [6.07, 6.45) is 1.63. The summed E-state index contributed by atoms with van der Waals surface area (Å²) < 4.78 is 39.2. The molecule has 2 heterocycles. The van der Waals surface area contributed by atoms with E-state index in [-0.39, 0.29) is 36.0 Å². The van der Waals surface area contributed by atoms with Crippen molar-refractivity contribution in [3.63, 3.8) is 0 Å². The van der Waals surface area contributed by atoms with E-state index in [1.54, 1.807) is 42.5 Å². The number of carbonyl (C=O) groups is 3. The number of amides is 2. The molecule has 38 heavy (non-hydrogen) atoms. The molecule has 1 unspecified atom stereocenters. The molecule has 2 atom stereocenters. The first-order valence-corrected chi connectivity index (χ1v) is 11.8. The number of likely N-dealkylation sites (tertiary alicyclic amines) is 1. The van der Waals surface area contributed by atoms with E-state index in [0.717, 1.165) is 11.0 Å². The van der Waals surface area contributed by atoms with Gasteiger partial charge in [-0.3, -0.25) is 9.59 Å². The Bertz CT molecular complexity index is 1530. The maximum Gasteiger partial charge on any atom is 0.326 e. The summed E-state index contributed by atoms with van der Waals surface area (Å²) in [5.41, 5.74) is 7.49. The van der Waals surface area contributed by atoms with E-state index < -0.39 is 41.5 Å². The van der Waals surface area contributed by atoms with E-state index in [1.165, 1.54) is 18.4 Å². The number of halogens is 2. The molecule has 194 valence electrons. The predicted octanol–water partition coefficient (Wildman–Crippen LogP) is 4.50. The molecule has 0 spiro atoms. The van der Waals surface area contributed by atoms with E-state index in [2.05, 4.69) is 0 Å². The fourth-order valence-electron chi connectivity index (χ4n) is 4.75. The van der Waals surface area contributed by atoms with Gasteiger partial charge in [0.05, 0.1) is 11.6 Å². The van der Waals surface area contributed by atoms with Gasteiger partial charge in [0.15, 0.2) is 11.6 Å². The first kappa shape index (κ1) is 24.9. The van der Waals surface area contributed by atoms with Gasteiger partial charge >= 0.3 is 5.97 Å². The van der Waals surface area contributed by atoms with Crippen LogP contribution in [-0.4, -0.2) is 39.9 Å². The number of carbonyl (C=O) groups excluding carboxylic acids is 2. The number of aliphatic carboxylic acids is 1. The third kappa shape index (κ3) is 4.56. The number of hydrogen-bond acceptors (Lipinski definition) is 5. The van der Waals surface area contributed by atoms with Crippen LogP contribution in [0.15, 0.2) is 71.3 Å². The largest absolute Gasteiger partial charge is 0.489 e. The van der Waals surface area contributed by atoms with Crippen molar-refractivity contribution in [3.05, 3.63) is 89.7 Å². The van der Waals surface area contributed by atoms with Crippen molar-refractivity contribution in [1.82, 2.24) is 4.90 Å². The maximum atomic E-state index is 14.0. The van der Waals surface area contributed by atoms with Gasteiger partial charge in [0.25, 0.3) is 5.91 Å². The van der Waals surface area contributed by atoms with Gasteiger partial charge in [-0.15, -0.1) is 0 Å². The lowest BCUT2D eigenvalue weighted by atomic mass is 10.0. The number of fused-ring (bicyclic) bond motifs is 1. The quantitative estimate of drug-likeness (QED) is 0.370. The van der Waals surface area contributed by atoms with E-state index >= 15 is 0 Å². The lowest BCUT2D eigenvalue weighted by Crippen LogP contribution is -2.49. The SMILES string of the molecule is NC(=O)C1CC[C@@H](C(=O)O)N1C(=O)c1cccc(COc2ccc(-c3cc(F)c(F)c4ccoc34)cc2)c1. The molecule has 0 radical (unpaired) electrons. The molecule has 2 amide bonds. The maximum absolute atomic E-state index is 14.0. The van der Waals surface area contributed by atoms with Gasteiger partial charge in [-0.2, -0.15) is 0 Å². The number of furan rings is 1. The van der Waals surface area contributed by atoms with Crippen LogP contribution in [0.25, 0.3) is 22.1 Å². The molecule has 1 fully saturated rings. The van der Waals surface area contributed by atoms with E-state index in [0.29, 0.717) is 22.4 Å². The van der Waals surface area contributed by atoms with Gasteiger partial charge in [0, 0.05) is 11.1 Å². The molecule has 0 bridgehead atoms. The van der Waals surface area contributed by atoms with Gasteiger partial charge in [-0.1, -0.05) is 24.3 Å². The van der Waals surface area contributed by atoms with Crippen LogP contribution in [0.5, 0.6) is 5.75 Å². The first-order chi connectivity index (χ1) is 18.2. The number of hydrogen-bond donors (Lipinski definition) is 2. The second-order valence-corrected chi connectivity index (χ2v) is 8.96. The number of nitrogens with two attached hydrogens (primary N) is 1. The molecule has 1 aliphatic rings. The standard InChI is InChI=1S/C28H22F2N2O6/c29-21-13-20(25-19(24(21)30)10-11-37-25)16-4-6-18(7-5-16)38-14-15-2-1-3-17(12-15)27(34)32-22(26(31)33)8-9-23(32)28(35)36/h1-7,10-13,22-23H,8-9,14H2,(H2,31,33)(H,35,36)/t22?,23-/m0/s1. The minimum atomic E-state index is -1.19. The van der Waals surface area contributed by atoms with Gasteiger partial charge in [0.2, 0.25) is 5.91 Å². The van der Waals surface area contributed by atoms with Crippen molar-refractivity contribution in [2.24, 2.45) is 5.73 Å². The molecule has 8 nitrogen and oxygen atoms in total. The van der Waals surface area contributed by atoms with Crippen LogP contribution < -0.4 is 10.5 Å². The molecule has 5 rings (SSSR count). The molecule has 4 aromatic rings. The number of primary amides is 1. The summed E-state index contributed by atoms with van der Waals surface area (Å²) in [6.45, 7) is 0.0929. The molecule has 1 aliphatic heterocycles. The monoisotopic (exact) mass is 520 g/mol. The van der Waals surface area contributed by atoms with Crippen molar-refractivity contribution >= 4 is 28.8 Å². The Morgan fingerprint density at radius 3 is 2.47 bits per heavy atom. The zero-order valence-electron chi connectivity index (χ0n) is 19.9. The lowest BCUT2D eigenvalue weighted by Gasteiger charge is -2.26.